The van der Waals surface area contributed by atoms with Crippen LogP contribution in [0.1, 0.15) is 94.9 Å². The Kier molecular flexibility index (Phi) is 18.7. The summed E-state index contributed by atoms with van der Waals surface area (Å²) in [6, 6.07) is 0. The standard InChI is InChI=1S/C21H38NO.C4H10.Co/c1-10-12-13-21(8,18(6)11-2)19(7)20(22(9)15-23)14-17(5)16(3)4;1-4(2)3;/h14-16,18H,1,10-13H2,2-9H3;4H,1-3H3;/q-1;;/b17-14+,20-19-;;. The maximum atomic E-state index is 11.4. The first-order chi connectivity index (χ1) is 12.4. The molecule has 28 heavy (non-hydrogen) atoms. The zero-order valence-electron chi connectivity index (χ0n) is 20.6. The summed E-state index contributed by atoms with van der Waals surface area (Å²) in [7, 11) is 1.86. The fraction of sp³-hybridized carbons (Fsp3) is 0.760. The molecule has 2 atom stereocenters. The summed E-state index contributed by atoms with van der Waals surface area (Å²) in [5, 5.41) is 0. The Morgan fingerprint density at radius 1 is 1.11 bits per heavy atom. The molecule has 3 heteroatoms. The van der Waals surface area contributed by atoms with Crippen LogP contribution in [0.25, 0.3) is 0 Å². The molecule has 0 aliphatic rings. The second kappa shape index (κ2) is 16.3. The van der Waals surface area contributed by atoms with Crippen molar-refractivity contribution in [1.82, 2.24) is 4.90 Å². The fourth-order valence-electron chi connectivity index (χ4n) is 2.95. The van der Waals surface area contributed by atoms with Gasteiger partial charge in [-0.3, -0.25) is 4.79 Å². The van der Waals surface area contributed by atoms with E-state index in [0.717, 1.165) is 43.7 Å². The molecular weight excluding hydrogens is 389 g/mol. The number of rotatable bonds is 10. The molecule has 0 aromatic heterocycles. The largest absolute Gasteiger partial charge is 0.343 e. The average molecular weight is 438 g/mol. The number of allylic oxidation sites excluding steroid dienone is 3. The molecule has 169 valence electrons. The van der Waals surface area contributed by atoms with Crippen molar-refractivity contribution in [2.45, 2.75) is 94.9 Å². The van der Waals surface area contributed by atoms with Crippen molar-refractivity contribution in [1.29, 1.82) is 0 Å². The molecule has 0 N–H and O–H groups in total. The van der Waals surface area contributed by atoms with Gasteiger partial charge < -0.3 is 11.8 Å². The van der Waals surface area contributed by atoms with Gasteiger partial charge in [-0.05, 0) is 55.1 Å². The van der Waals surface area contributed by atoms with Crippen molar-refractivity contribution in [3.05, 3.63) is 29.8 Å². The van der Waals surface area contributed by atoms with Gasteiger partial charge in [0.2, 0.25) is 6.41 Å². The van der Waals surface area contributed by atoms with Crippen LogP contribution in [0.3, 0.4) is 0 Å². The molecule has 0 spiro atoms. The van der Waals surface area contributed by atoms with Crippen LogP contribution < -0.4 is 0 Å². The van der Waals surface area contributed by atoms with Crippen LogP contribution >= 0.6 is 0 Å². The van der Waals surface area contributed by atoms with Crippen LogP contribution in [0.2, 0.25) is 0 Å². The quantitative estimate of drug-likeness (QED) is 0.195. The number of hydrogen-bond donors (Lipinski definition) is 0. The second-order valence-corrected chi connectivity index (χ2v) is 9.19. The van der Waals surface area contributed by atoms with E-state index >= 15 is 0 Å². The topological polar surface area (TPSA) is 20.3 Å². The van der Waals surface area contributed by atoms with Crippen molar-refractivity contribution in [2.75, 3.05) is 7.05 Å². The molecule has 0 aromatic rings. The van der Waals surface area contributed by atoms with Gasteiger partial charge in [0, 0.05) is 29.5 Å². The van der Waals surface area contributed by atoms with Gasteiger partial charge in [0.25, 0.3) is 0 Å². The zero-order valence-corrected chi connectivity index (χ0v) is 21.7. The molecule has 0 aliphatic heterocycles. The molecule has 2 nitrogen and oxygen atoms in total. The number of carbonyl (C=O) groups excluding carboxylic acids is 1. The summed E-state index contributed by atoms with van der Waals surface area (Å²) in [4.78, 5) is 13.2. The monoisotopic (exact) mass is 437 g/mol. The van der Waals surface area contributed by atoms with E-state index in [-0.39, 0.29) is 22.2 Å². The molecule has 0 saturated carbocycles. The Hall–Kier alpha value is -0.544. The van der Waals surface area contributed by atoms with Crippen LogP contribution in [-0.2, 0) is 21.6 Å². The van der Waals surface area contributed by atoms with Gasteiger partial charge >= 0.3 is 0 Å². The third-order valence-corrected chi connectivity index (χ3v) is 5.70. The number of carbonyl (C=O) groups is 1. The summed E-state index contributed by atoms with van der Waals surface area (Å²) in [6.07, 6.45) is 7.43. The summed E-state index contributed by atoms with van der Waals surface area (Å²) in [6.45, 7) is 26.2. The van der Waals surface area contributed by atoms with E-state index in [1.807, 2.05) is 7.05 Å². The van der Waals surface area contributed by atoms with Crippen molar-refractivity contribution in [2.24, 2.45) is 23.2 Å². The summed E-state index contributed by atoms with van der Waals surface area (Å²) in [5.74, 6) is 1.88. The van der Waals surface area contributed by atoms with Gasteiger partial charge in [0.05, 0.1) is 0 Å². The van der Waals surface area contributed by atoms with Crippen molar-refractivity contribution >= 4 is 6.41 Å². The SMILES string of the molecule is CC(C)C.[CH2-]CCCC(C)(/C(C)=C(/C=C(\C)C(C)C)N(C)C=O)C(C)CC.[Co]. The molecule has 0 bridgehead atoms. The molecule has 0 fully saturated rings. The van der Waals surface area contributed by atoms with E-state index in [2.05, 4.69) is 82.2 Å². The molecular formula is C25H48CoNO-. The predicted octanol–water partition coefficient (Wildman–Crippen LogP) is 7.67. The number of amides is 1. The minimum absolute atomic E-state index is 0. The normalized spacial score (nSPS) is 15.7. The van der Waals surface area contributed by atoms with E-state index in [1.165, 1.54) is 11.1 Å². The molecule has 0 saturated heterocycles. The average Bonchev–Trinajstić information content (AvgIpc) is 2.61. The smallest absolute Gasteiger partial charge is 0.213 e. The summed E-state index contributed by atoms with van der Waals surface area (Å²) in [5.41, 5.74) is 3.76. The molecule has 0 aliphatic carbocycles. The van der Waals surface area contributed by atoms with Crippen LogP contribution in [0.4, 0.5) is 0 Å². The fourth-order valence-corrected chi connectivity index (χ4v) is 2.95. The number of unbranched alkanes of at least 4 members (excludes halogenated alkanes) is 1. The second-order valence-electron chi connectivity index (χ2n) is 9.19. The van der Waals surface area contributed by atoms with Gasteiger partial charge in [-0.25, -0.2) is 0 Å². The third kappa shape index (κ3) is 11.5. The zero-order chi connectivity index (χ0) is 21.8. The number of nitrogens with zero attached hydrogens (tertiary/aromatic N) is 1. The van der Waals surface area contributed by atoms with Crippen LogP contribution in [0, 0.1) is 30.1 Å². The molecule has 0 heterocycles. The van der Waals surface area contributed by atoms with E-state index in [4.69, 9.17) is 0 Å². The van der Waals surface area contributed by atoms with Gasteiger partial charge in [-0.15, -0.1) is 0 Å². The minimum Gasteiger partial charge on any atom is -0.343 e. The van der Waals surface area contributed by atoms with Crippen molar-refractivity contribution in [3.8, 4) is 0 Å². The number of likely N-dealkylation sites (N-methyl/N-ethyl adjacent to an activating group) is 1. The Bertz CT molecular complexity index is 476. The Balaban J connectivity index is -0.00000113. The van der Waals surface area contributed by atoms with E-state index < -0.39 is 0 Å². The Morgan fingerprint density at radius 2 is 1.57 bits per heavy atom. The van der Waals surface area contributed by atoms with Crippen molar-refractivity contribution in [3.63, 3.8) is 0 Å². The minimum atomic E-state index is 0. The molecule has 1 amide bonds. The molecule has 0 rings (SSSR count). The summed E-state index contributed by atoms with van der Waals surface area (Å²) >= 11 is 0. The van der Waals surface area contributed by atoms with Gasteiger partial charge in [0.15, 0.2) is 0 Å². The maximum Gasteiger partial charge on any atom is 0.213 e. The molecule has 2 unspecified atom stereocenters. The van der Waals surface area contributed by atoms with E-state index in [9.17, 15) is 4.79 Å². The predicted molar refractivity (Wildman–Crippen MR) is 122 cm³/mol. The third-order valence-electron chi connectivity index (χ3n) is 5.70. The van der Waals surface area contributed by atoms with E-state index in [1.54, 1.807) is 4.90 Å². The van der Waals surface area contributed by atoms with E-state index in [0.29, 0.717) is 11.8 Å². The van der Waals surface area contributed by atoms with Gasteiger partial charge in [-0.1, -0.05) is 73.8 Å². The maximum absolute atomic E-state index is 11.4. The first-order valence-corrected chi connectivity index (χ1v) is 10.8. The Morgan fingerprint density at radius 3 is 1.89 bits per heavy atom. The first kappa shape index (κ1) is 32.1. The van der Waals surface area contributed by atoms with Crippen molar-refractivity contribution < 1.29 is 21.6 Å². The summed E-state index contributed by atoms with van der Waals surface area (Å²) < 4.78 is 0. The first-order valence-electron chi connectivity index (χ1n) is 10.8. The van der Waals surface area contributed by atoms with Crippen LogP contribution in [0.15, 0.2) is 22.9 Å². The van der Waals surface area contributed by atoms with Gasteiger partial charge in [-0.2, -0.15) is 6.42 Å². The van der Waals surface area contributed by atoms with Crippen LogP contribution in [-0.4, -0.2) is 18.4 Å². The molecule has 1 radical (unpaired) electrons. The van der Waals surface area contributed by atoms with Gasteiger partial charge in [0.1, 0.15) is 0 Å². The van der Waals surface area contributed by atoms with Crippen LogP contribution in [0.5, 0.6) is 0 Å². The Labute approximate surface area is 187 Å². The molecule has 0 aromatic carbocycles. The number of hydrogen-bond acceptors (Lipinski definition) is 1.